The van der Waals surface area contributed by atoms with Crippen molar-refractivity contribution in [1.29, 1.82) is 0 Å². The molecule has 10 nitrogen and oxygen atoms in total. The number of carbonyl (C=O) groups excluding carboxylic acids is 2. The van der Waals surface area contributed by atoms with Crippen LogP contribution in [-0.4, -0.2) is 46.4 Å². The second-order valence-corrected chi connectivity index (χ2v) is 4.06. The van der Waals surface area contributed by atoms with Crippen LogP contribution in [0, 0.1) is 6.92 Å². The van der Waals surface area contributed by atoms with E-state index >= 15 is 0 Å². The van der Waals surface area contributed by atoms with E-state index in [9.17, 15) is 14.4 Å². The van der Waals surface area contributed by atoms with Crippen molar-refractivity contribution in [2.75, 3.05) is 7.11 Å². The smallest absolute Gasteiger partial charge is 0.326 e. The Hall–Kier alpha value is -2.65. The van der Waals surface area contributed by atoms with Crippen LogP contribution in [-0.2, 0) is 20.9 Å². The van der Waals surface area contributed by atoms with E-state index in [1.54, 1.807) is 6.92 Å². The van der Waals surface area contributed by atoms with Crippen molar-refractivity contribution >= 4 is 18.0 Å². The zero-order valence-electron chi connectivity index (χ0n) is 11.6. The molecule has 3 N–H and O–H groups in total. The number of urea groups is 1. The Morgan fingerprint density at radius 1 is 1.43 bits per heavy atom. The minimum atomic E-state index is -1.25. The summed E-state index contributed by atoms with van der Waals surface area (Å²) >= 11 is 0. The SMILES string of the molecule is COC(=O)CC[C@H](NC(=O)NCc1noc(C)n1)C(=O)O. The molecule has 10 heteroatoms. The summed E-state index contributed by atoms with van der Waals surface area (Å²) in [5.74, 6) is -1.17. The monoisotopic (exact) mass is 300 g/mol. The number of nitrogens with zero attached hydrogens (tertiary/aromatic N) is 2. The molecule has 2 amide bonds. The van der Waals surface area contributed by atoms with Crippen molar-refractivity contribution in [3.8, 4) is 0 Å². The summed E-state index contributed by atoms with van der Waals surface area (Å²) in [5, 5.41) is 17.1. The van der Waals surface area contributed by atoms with E-state index < -0.39 is 24.0 Å². The van der Waals surface area contributed by atoms with Gasteiger partial charge in [-0.1, -0.05) is 5.16 Å². The highest BCUT2D eigenvalue weighted by Crippen LogP contribution is 2.00. The molecule has 0 saturated carbocycles. The third-order valence-corrected chi connectivity index (χ3v) is 2.44. The van der Waals surface area contributed by atoms with E-state index in [1.165, 1.54) is 7.11 Å². The number of amides is 2. The highest BCUT2D eigenvalue weighted by molar-refractivity contribution is 5.83. The van der Waals surface area contributed by atoms with Crippen molar-refractivity contribution in [2.24, 2.45) is 0 Å². The standard InChI is InChI=1S/C11H16N4O6/c1-6-13-8(15-21-6)5-12-11(19)14-7(10(17)18)3-4-9(16)20-2/h7H,3-5H2,1-2H3,(H,17,18)(H2,12,14,19)/t7-/m0/s1. The molecule has 1 rings (SSSR count). The van der Waals surface area contributed by atoms with Crippen LogP contribution < -0.4 is 10.6 Å². The Morgan fingerprint density at radius 2 is 2.14 bits per heavy atom. The number of carboxylic acid groups (broad SMARTS) is 1. The molecule has 21 heavy (non-hydrogen) atoms. The van der Waals surface area contributed by atoms with E-state index in [1.807, 2.05) is 0 Å². The molecule has 0 saturated heterocycles. The number of carboxylic acids is 1. The number of aromatic nitrogens is 2. The highest BCUT2D eigenvalue weighted by Gasteiger charge is 2.21. The molecule has 0 aliphatic heterocycles. The Morgan fingerprint density at radius 3 is 2.67 bits per heavy atom. The summed E-state index contributed by atoms with van der Waals surface area (Å²) in [6, 6.07) is -1.91. The lowest BCUT2D eigenvalue weighted by atomic mass is 10.1. The minimum Gasteiger partial charge on any atom is -0.480 e. The number of hydrogen-bond donors (Lipinski definition) is 3. The van der Waals surface area contributed by atoms with Crippen molar-refractivity contribution in [2.45, 2.75) is 32.4 Å². The lowest BCUT2D eigenvalue weighted by molar-refractivity contribution is -0.142. The Bertz CT molecular complexity index is 515. The summed E-state index contributed by atoms with van der Waals surface area (Å²) in [4.78, 5) is 37.4. The molecule has 1 heterocycles. The molecule has 1 aromatic rings. The first-order valence-corrected chi connectivity index (χ1v) is 6.05. The quantitative estimate of drug-likeness (QED) is 0.576. The van der Waals surface area contributed by atoms with Gasteiger partial charge < -0.3 is 25.0 Å². The van der Waals surface area contributed by atoms with Gasteiger partial charge in [0.2, 0.25) is 5.89 Å². The summed E-state index contributed by atoms with van der Waals surface area (Å²) < 4.78 is 9.12. The van der Waals surface area contributed by atoms with Crippen LogP contribution in [0.5, 0.6) is 0 Å². The fraction of sp³-hybridized carbons (Fsp3) is 0.545. The van der Waals surface area contributed by atoms with Crippen molar-refractivity contribution in [1.82, 2.24) is 20.8 Å². The first kappa shape index (κ1) is 16.4. The molecule has 0 aliphatic carbocycles. The van der Waals surface area contributed by atoms with Crippen LogP contribution >= 0.6 is 0 Å². The summed E-state index contributed by atoms with van der Waals surface area (Å²) in [5.41, 5.74) is 0. The zero-order chi connectivity index (χ0) is 15.8. The number of nitrogens with one attached hydrogen (secondary N) is 2. The van der Waals surface area contributed by atoms with Gasteiger partial charge in [-0.15, -0.1) is 0 Å². The molecule has 0 aliphatic rings. The number of hydrogen-bond acceptors (Lipinski definition) is 7. The summed E-state index contributed by atoms with van der Waals surface area (Å²) in [6.45, 7) is 1.59. The maximum Gasteiger partial charge on any atom is 0.326 e. The molecule has 0 unspecified atom stereocenters. The molecule has 116 valence electrons. The van der Waals surface area contributed by atoms with Crippen LogP contribution in [0.1, 0.15) is 24.6 Å². The molecule has 1 atom stereocenters. The number of methoxy groups -OCH3 is 1. The highest BCUT2D eigenvalue weighted by atomic mass is 16.5. The Kier molecular flexibility index (Phi) is 6.11. The van der Waals surface area contributed by atoms with Gasteiger partial charge in [0.05, 0.1) is 13.7 Å². The molecule has 0 radical (unpaired) electrons. The van der Waals surface area contributed by atoms with Crippen LogP contribution in [0.15, 0.2) is 4.52 Å². The van der Waals surface area contributed by atoms with Gasteiger partial charge in [-0.3, -0.25) is 4.79 Å². The first-order chi connectivity index (χ1) is 9.92. The number of carbonyl (C=O) groups is 3. The van der Waals surface area contributed by atoms with Crippen LogP contribution in [0.3, 0.4) is 0 Å². The molecular formula is C11H16N4O6. The van der Waals surface area contributed by atoms with E-state index in [4.69, 9.17) is 9.63 Å². The van der Waals surface area contributed by atoms with Crippen LogP contribution in [0.4, 0.5) is 4.79 Å². The molecule has 0 fully saturated rings. The Labute approximate surface area is 119 Å². The minimum absolute atomic E-state index is 0.00743. The molecule has 0 bridgehead atoms. The summed E-state index contributed by atoms with van der Waals surface area (Å²) in [7, 11) is 1.20. The van der Waals surface area contributed by atoms with Gasteiger partial charge in [-0.25, -0.2) is 9.59 Å². The second-order valence-electron chi connectivity index (χ2n) is 4.06. The third-order valence-electron chi connectivity index (χ3n) is 2.44. The number of rotatable bonds is 7. The van der Waals surface area contributed by atoms with Crippen LogP contribution in [0.2, 0.25) is 0 Å². The fourth-order valence-electron chi connectivity index (χ4n) is 1.40. The van der Waals surface area contributed by atoms with Crippen molar-refractivity contribution < 1.29 is 28.8 Å². The van der Waals surface area contributed by atoms with Gasteiger partial charge in [0.1, 0.15) is 6.04 Å². The number of ether oxygens (including phenoxy) is 1. The van der Waals surface area contributed by atoms with Gasteiger partial charge in [-0.05, 0) is 6.42 Å². The topological polar surface area (TPSA) is 144 Å². The van der Waals surface area contributed by atoms with Crippen molar-refractivity contribution in [3.05, 3.63) is 11.7 Å². The van der Waals surface area contributed by atoms with E-state index in [2.05, 4.69) is 25.5 Å². The molecular weight excluding hydrogens is 284 g/mol. The third kappa shape index (κ3) is 5.89. The second kappa shape index (κ2) is 7.82. The number of aryl methyl sites for hydroxylation is 1. The average Bonchev–Trinajstić information content (AvgIpc) is 2.86. The van der Waals surface area contributed by atoms with Gasteiger partial charge in [0, 0.05) is 13.3 Å². The molecule has 0 spiro atoms. The molecule has 1 aromatic heterocycles. The zero-order valence-corrected chi connectivity index (χ0v) is 11.6. The van der Waals surface area contributed by atoms with Crippen LogP contribution in [0.25, 0.3) is 0 Å². The predicted octanol–water partition coefficient (Wildman–Crippen LogP) is -0.416. The lowest BCUT2D eigenvalue weighted by Gasteiger charge is -2.14. The van der Waals surface area contributed by atoms with Gasteiger partial charge in [0.25, 0.3) is 0 Å². The maximum absolute atomic E-state index is 11.6. The summed E-state index contributed by atoms with van der Waals surface area (Å²) in [6.07, 6.45) is -0.186. The average molecular weight is 300 g/mol. The number of esters is 1. The van der Waals surface area contributed by atoms with E-state index in [-0.39, 0.29) is 25.2 Å². The maximum atomic E-state index is 11.6. The first-order valence-electron chi connectivity index (χ1n) is 6.05. The van der Waals surface area contributed by atoms with E-state index in [0.29, 0.717) is 5.89 Å². The van der Waals surface area contributed by atoms with Gasteiger partial charge in [0.15, 0.2) is 5.82 Å². The fourth-order valence-corrected chi connectivity index (χ4v) is 1.40. The number of aliphatic carboxylic acids is 1. The normalized spacial score (nSPS) is 11.5. The predicted molar refractivity (Wildman–Crippen MR) is 67.1 cm³/mol. The van der Waals surface area contributed by atoms with Crippen molar-refractivity contribution in [3.63, 3.8) is 0 Å². The lowest BCUT2D eigenvalue weighted by Crippen LogP contribution is -2.46. The van der Waals surface area contributed by atoms with E-state index in [0.717, 1.165) is 0 Å². The Balaban J connectivity index is 2.41. The largest absolute Gasteiger partial charge is 0.480 e. The van der Waals surface area contributed by atoms with Gasteiger partial charge in [-0.2, -0.15) is 4.98 Å². The molecule has 0 aromatic carbocycles. The van der Waals surface area contributed by atoms with Gasteiger partial charge >= 0.3 is 18.0 Å².